The summed E-state index contributed by atoms with van der Waals surface area (Å²) in [6.45, 7) is 6.89. The Morgan fingerprint density at radius 2 is 2.11 bits per heavy atom. The van der Waals surface area contributed by atoms with Crippen molar-refractivity contribution in [3.05, 3.63) is 28.7 Å². The van der Waals surface area contributed by atoms with Crippen molar-refractivity contribution in [3.63, 3.8) is 0 Å². The van der Waals surface area contributed by atoms with Crippen LogP contribution < -0.4 is 5.32 Å². The monoisotopic (exact) mass is 331 g/mol. The highest BCUT2D eigenvalue weighted by Crippen LogP contribution is 2.27. The van der Waals surface area contributed by atoms with Crippen LogP contribution in [-0.4, -0.2) is 31.6 Å². The van der Waals surface area contributed by atoms with Gasteiger partial charge in [-0.05, 0) is 41.0 Å². The second-order valence-electron chi connectivity index (χ2n) is 4.07. The quantitative estimate of drug-likeness (QED) is 0.547. The van der Waals surface area contributed by atoms with Gasteiger partial charge >= 0.3 is 0 Å². The molecular weight excluding hydrogens is 310 g/mol. The minimum atomic E-state index is 0.415. The number of thioether (sulfide) groups is 1. The number of ether oxygens (including phenoxy) is 1. The average Bonchev–Trinajstić information content (AvgIpc) is 2.38. The van der Waals surface area contributed by atoms with Crippen LogP contribution in [-0.2, 0) is 4.74 Å². The van der Waals surface area contributed by atoms with Gasteiger partial charge in [-0.3, -0.25) is 0 Å². The van der Waals surface area contributed by atoms with Crippen molar-refractivity contribution in [1.29, 1.82) is 0 Å². The summed E-state index contributed by atoms with van der Waals surface area (Å²) in [5.41, 5.74) is 0. The van der Waals surface area contributed by atoms with Gasteiger partial charge in [0.05, 0.1) is 6.61 Å². The summed E-state index contributed by atoms with van der Waals surface area (Å²) in [4.78, 5) is 1.29. The first-order valence-corrected chi connectivity index (χ1v) is 8.24. The molecule has 0 bridgehead atoms. The number of halogens is 1. The van der Waals surface area contributed by atoms with Crippen LogP contribution in [0, 0.1) is 0 Å². The highest BCUT2D eigenvalue weighted by Gasteiger charge is 2.09. The third-order valence-electron chi connectivity index (χ3n) is 2.44. The van der Waals surface area contributed by atoms with Crippen molar-refractivity contribution in [1.82, 2.24) is 5.32 Å². The molecule has 0 aliphatic rings. The van der Waals surface area contributed by atoms with Gasteiger partial charge in [-0.25, -0.2) is 0 Å². The molecule has 0 aromatic heterocycles. The van der Waals surface area contributed by atoms with Crippen molar-refractivity contribution in [3.8, 4) is 0 Å². The zero-order valence-electron chi connectivity index (χ0n) is 11.1. The second kappa shape index (κ2) is 9.84. The lowest BCUT2D eigenvalue weighted by atomic mass is 10.3. The molecule has 1 N–H and O–H groups in total. The van der Waals surface area contributed by atoms with Crippen LogP contribution in [0.1, 0.15) is 20.3 Å². The van der Waals surface area contributed by atoms with Gasteiger partial charge in [-0.15, -0.1) is 11.8 Å². The number of likely N-dealkylation sites (N-methyl/N-ethyl adjacent to an activating group) is 1. The van der Waals surface area contributed by atoms with E-state index in [0.29, 0.717) is 6.04 Å². The molecule has 0 saturated heterocycles. The lowest BCUT2D eigenvalue weighted by Crippen LogP contribution is -2.35. The fourth-order valence-corrected chi connectivity index (χ4v) is 3.18. The molecule has 1 aromatic carbocycles. The van der Waals surface area contributed by atoms with Gasteiger partial charge in [0.15, 0.2) is 0 Å². The van der Waals surface area contributed by atoms with Crippen LogP contribution in [0.15, 0.2) is 33.6 Å². The summed E-state index contributed by atoms with van der Waals surface area (Å²) >= 11 is 5.44. The third-order valence-corrected chi connectivity index (χ3v) is 4.63. The van der Waals surface area contributed by atoms with Crippen LogP contribution in [0.4, 0.5) is 0 Å². The van der Waals surface area contributed by atoms with Crippen molar-refractivity contribution in [2.45, 2.75) is 31.2 Å². The Bertz CT molecular complexity index is 335. The molecule has 0 spiro atoms. The van der Waals surface area contributed by atoms with Crippen molar-refractivity contribution in [2.24, 2.45) is 0 Å². The highest BCUT2D eigenvalue weighted by atomic mass is 79.9. The molecule has 1 aromatic rings. The maximum absolute atomic E-state index is 5.63. The predicted molar refractivity (Wildman–Crippen MR) is 83.4 cm³/mol. The minimum Gasteiger partial charge on any atom is -0.380 e. The lowest BCUT2D eigenvalue weighted by Gasteiger charge is -2.17. The molecule has 0 aliphatic heterocycles. The second-order valence-corrected chi connectivity index (χ2v) is 5.99. The lowest BCUT2D eigenvalue weighted by molar-refractivity contribution is 0.117. The van der Waals surface area contributed by atoms with E-state index in [-0.39, 0.29) is 0 Å². The van der Waals surface area contributed by atoms with E-state index in [1.54, 1.807) is 0 Å². The Kier molecular flexibility index (Phi) is 8.76. The average molecular weight is 332 g/mol. The minimum absolute atomic E-state index is 0.415. The van der Waals surface area contributed by atoms with Gasteiger partial charge in [0.25, 0.3) is 0 Å². The predicted octanol–water partition coefficient (Wildman–Crippen LogP) is 3.95. The Balaban J connectivity index is 2.39. The standard InChI is InChI=1S/C14H22BrNOS/c1-3-9-17-10-12(16-4-2)11-18-14-8-6-5-7-13(14)15/h5-8,12,16H,3-4,9-11H2,1-2H3. The van der Waals surface area contributed by atoms with Gasteiger partial charge < -0.3 is 10.1 Å². The first kappa shape index (κ1) is 16.0. The molecule has 0 aliphatic carbocycles. The Hall–Kier alpha value is -0.0300. The Morgan fingerprint density at radius 3 is 2.78 bits per heavy atom. The van der Waals surface area contributed by atoms with Gasteiger partial charge in [-0.2, -0.15) is 0 Å². The highest BCUT2D eigenvalue weighted by molar-refractivity contribution is 9.10. The Labute approximate surface area is 123 Å². The summed E-state index contributed by atoms with van der Waals surface area (Å²) < 4.78 is 6.80. The number of nitrogens with one attached hydrogen (secondary N) is 1. The normalized spacial score (nSPS) is 12.6. The van der Waals surface area contributed by atoms with Crippen LogP contribution in [0.2, 0.25) is 0 Å². The topological polar surface area (TPSA) is 21.3 Å². The van der Waals surface area contributed by atoms with E-state index in [9.17, 15) is 0 Å². The van der Waals surface area contributed by atoms with E-state index in [2.05, 4.69) is 53.3 Å². The summed E-state index contributed by atoms with van der Waals surface area (Å²) in [5.74, 6) is 1.03. The number of hydrogen-bond donors (Lipinski definition) is 1. The van der Waals surface area contributed by atoms with Crippen LogP contribution in [0.25, 0.3) is 0 Å². The van der Waals surface area contributed by atoms with Crippen LogP contribution >= 0.6 is 27.7 Å². The van der Waals surface area contributed by atoms with Crippen molar-refractivity contribution >= 4 is 27.7 Å². The van der Waals surface area contributed by atoms with Gasteiger partial charge in [0.2, 0.25) is 0 Å². The van der Waals surface area contributed by atoms with Crippen molar-refractivity contribution in [2.75, 3.05) is 25.5 Å². The van der Waals surface area contributed by atoms with Gasteiger partial charge in [0, 0.05) is 27.8 Å². The summed E-state index contributed by atoms with van der Waals surface area (Å²) in [7, 11) is 0. The molecule has 102 valence electrons. The number of hydrogen-bond acceptors (Lipinski definition) is 3. The fraction of sp³-hybridized carbons (Fsp3) is 0.571. The smallest absolute Gasteiger partial charge is 0.0627 e. The van der Waals surface area contributed by atoms with Gasteiger partial charge in [-0.1, -0.05) is 26.0 Å². The van der Waals surface area contributed by atoms with E-state index >= 15 is 0 Å². The SMILES string of the molecule is CCCOCC(CSc1ccccc1Br)NCC. The summed E-state index contributed by atoms with van der Waals surface area (Å²) in [5, 5.41) is 3.47. The molecule has 1 atom stereocenters. The van der Waals surface area contributed by atoms with E-state index in [4.69, 9.17) is 4.74 Å². The third kappa shape index (κ3) is 6.23. The molecule has 0 amide bonds. The van der Waals surface area contributed by atoms with Crippen LogP contribution in [0.3, 0.4) is 0 Å². The van der Waals surface area contributed by atoms with Crippen molar-refractivity contribution < 1.29 is 4.74 Å². The van der Waals surface area contributed by atoms with Gasteiger partial charge in [0.1, 0.15) is 0 Å². The zero-order chi connectivity index (χ0) is 13.2. The zero-order valence-corrected chi connectivity index (χ0v) is 13.5. The molecule has 18 heavy (non-hydrogen) atoms. The molecule has 1 rings (SSSR count). The fourth-order valence-electron chi connectivity index (χ4n) is 1.58. The van der Waals surface area contributed by atoms with E-state index in [0.717, 1.165) is 31.9 Å². The molecule has 1 unspecified atom stereocenters. The number of rotatable bonds is 9. The Morgan fingerprint density at radius 1 is 1.33 bits per heavy atom. The van der Waals surface area contributed by atoms with E-state index in [1.807, 2.05) is 17.8 Å². The largest absolute Gasteiger partial charge is 0.380 e. The summed E-state index contributed by atoms with van der Waals surface area (Å²) in [6.07, 6.45) is 1.08. The molecule has 0 radical (unpaired) electrons. The molecule has 0 fully saturated rings. The van der Waals surface area contributed by atoms with E-state index < -0.39 is 0 Å². The molecule has 0 heterocycles. The first-order valence-electron chi connectivity index (χ1n) is 6.46. The number of benzene rings is 1. The first-order chi connectivity index (χ1) is 8.77. The summed E-state index contributed by atoms with van der Waals surface area (Å²) in [6, 6.07) is 8.75. The maximum atomic E-state index is 5.63. The molecule has 0 saturated carbocycles. The molecular formula is C14H22BrNOS. The molecule has 4 heteroatoms. The maximum Gasteiger partial charge on any atom is 0.0627 e. The molecule has 2 nitrogen and oxygen atoms in total. The van der Waals surface area contributed by atoms with Crippen LogP contribution in [0.5, 0.6) is 0 Å². The van der Waals surface area contributed by atoms with E-state index in [1.165, 1.54) is 9.37 Å².